The van der Waals surface area contributed by atoms with Crippen LogP contribution in [0, 0.1) is 0 Å². The number of carbonyl (C=O) groups is 1. The predicted molar refractivity (Wildman–Crippen MR) is 78.1 cm³/mol. The molecule has 1 aliphatic carbocycles. The molecule has 1 aromatic rings. The van der Waals surface area contributed by atoms with E-state index in [0.717, 1.165) is 25.7 Å². The number of carbonyl (C=O) groups excluding carboxylic acids is 1. The van der Waals surface area contributed by atoms with Gasteiger partial charge in [-0.05, 0) is 48.9 Å². The van der Waals surface area contributed by atoms with Crippen LogP contribution in [0.15, 0.2) is 23.4 Å². The number of oxime groups is 1. The van der Waals surface area contributed by atoms with Crippen molar-refractivity contribution in [2.24, 2.45) is 10.9 Å². The van der Waals surface area contributed by atoms with Gasteiger partial charge in [0.05, 0.1) is 6.54 Å². The van der Waals surface area contributed by atoms with Crippen LogP contribution in [-0.2, 0) is 12.8 Å². The Morgan fingerprint density at radius 2 is 2.15 bits per heavy atom. The SMILES string of the molecule is CCCN(CC(N)=NO)C(=O)c1ccc2c(c1)CCC2. The molecule has 0 radical (unpaired) electrons. The number of fused-ring (bicyclic) bond motifs is 1. The van der Waals surface area contributed by atoms with Gasteiger partial charge in [0.1, 0.15) is 0 Å². The fourth-order valence-corrected chi connectivity index (χ4v) is 2.64. The van der Waals surface area contributed by atoms with Crippen LogP contribution in [0.2, 0.25) is 0 Å². The van der Waals surface area contributed by atoms with Crippen molar-refractivity contribution in [2.45, 2.75) is 32.6 Å². The molecule has 20 heavy (non-hydrogen) atoms. The van der Waals surface area contributed by atoms with Crippen molar-refractivity contribution in [1.29, 1.82) is 0 Å². The molecular formula is C15H21N3O2. The van der Waals surface area contributed by atoms with Crippen molar-refractivity contribution in [1.82, 2.24) is 4.90 Å². The smallest absolute Gasteiger partial charge is 0.254 e. The Morgan fingerprint density at radius 3 is 2.85 bits per heavy atom. The minimum absolute atomic E-state index is 0.0490. The van der Waals surface area contributed by atoms with E-state index in [0.29, 0.717) is 12.1 Å². The zero-order valence-corrected chi connectivity index (χ0v) is 11.8. The maximum atomic E-state index is 12.5. The van der Waals surface area contributed by atoms with E-state index in [9.17, 15) is 4.79 Å². The Hall–Kier alpha value is -2.04. The van der Waals surface area contributed by atoms with Crippen molar-refractivity contribution in [2.75, 3.05) is 13.1 Å². The van der Waals surface area contributed by atoms with Crippen LogP contribution in [-0.4, -0.2) is 34.9 Å². The van der Waals surface area contributed by atoms with Gasteiger partial charge < -0.3 is 15.8 Å². The van der Waals surface area contributed by atoms with E-state index in [1.165, 1.54) is 11.1 Å². The molecule has 0 bridgehead atoms. The lowest BCUT2D eigenvalue weighted by Crippen LogP contribution is -2.39. The van der Waals surface area contributed by atoms with Crippen LogP contribution >= 0.6 is 0 Å². The quantitative estimate of drug-likeness (QED) is 0.372. The van der Waals surface area contributed by atoms with Gasteiger partial charge in [-0.2, -0.15) is 0 Å². The van der Waals surface area contributed by atoms with Crippen molar-refractivity contribution >= 4 is 11.7 Å². The molecule has 0 atom stereocenters. The molecule has 1 aromatic carbocycles. The molecule has 0 aliphatic heterocycles. The Balaban J connectivity index is 2.18. The van der Waals surface area contributed by atoms with Gasteiger partial charge in [0.25, 0.3) is 5.91 Å². The summed E-state index contributed by atoms with van der Waals surface area (Å²) in [5.41, 5.74) is 8.82. The maximum absolute atomic E-state index is 12.5. The average Bonchev–Trinajstić information content (AvgIpc) is 2.93. The molecule has 5 nitrogen and oxygen atoms in total. The lowest BCUT2D eigenvalue weighted by molar-refractivity contribution is 0.0778. The van der Waals surface area contributed by atoms with Crippen LogP contribution in [0.4, 0.5) is 0 Å². The van der Waals surface area contributed by atoms with Gasteiger partial charge >= 0.3 is 0 Å². The van der Waals surface area contributed by atoms with Crippen molar-refractivity contribution in [3.8, 4) is 0 Å². The third-order valence-electron chi connectivity index (χ3n) is 3.61. The summed E-state index contributed by atoms with van der Waals surface area (Å²) < 4.78 is 0. The number of amides is 1. The van der Waals surface area contributed by atoms with Gasteiger partial charge in [-0.15, -0.1) is 0 Å². The Labute approximate surface area is 119 Å². The van der Waals surface area contributed by atoms with E-state index in [-0.39, 0.29) is 18.3 Å². The van der Waals surface area contributed by atoms with Crippen molar-refractivity contribution < 1.29 is 10.0 Å². The van der Waals surface area contributed by atoms with Crippen LogP contribution in [0.5, 0.6) is 0 Å². The van der Waals surface area contributed by atoms with E-state index in [1.54, 1.807) is 4.90 Å². The van der Waals surface area contributed by atoms with Gasteiger partial charge in [0, 0.05) is 12.1 Å². The molecule has 1 amide bonds. The Bertz CT molecular complexity index is 526. The molecule has 0 unspecified atom stereocenters. The summed E-state index contributed by atoms with van der Waals surface area (Å²) >= 11 is 0. The van der Waals surface area contributed by atoms with Crippen LogP contribution < -0.4 is 5.73 Å². The molecule has 5 heteroatoms. The van der Waals surface area contributed by atoms with Crippen LogP contribution in [0.1, 0.15) is 41.3 Å². The number of benzene rings is 1. The predicted octanol–water partition coefficient (Wildman–Crippen LogP) is 1.77. The standard InChI is InChI=1S/C15H21N3O2/c1-2-8-18(10-14(16)17-20)15(19)13-7-6-11-4-3-5-12(11)9-13/h6-7,9,20H,2-5,8,10H2,1H3,(H2,16,17). The first-order chi connectivity index (χ1) is 9.65. The van der Waals surface area contributed by atoms with Crippen LogP contribution in [0.25, 0.3) is 0 Å². The lowest BCUT2D eigenvalue weighted by atomic mass is 10.1. The molecule has 0 aromatic heterocycles. The molecule has 0 fully saturated rings. The molecule has 0 heterocycles. The second kappa shape index (κ2) is 6.41. The molecule has 2 rings (SSSR count). The molecule has 0 saturated heterocycles. The monoisotopic (exact) mass is 275 g/mol. The highest BCUT2D eigenvalue weighted by Crippen LogP contribution is 2.23. The molecule has 3 N–H and O–H groups in total. The molecular weight excluding hydrogens is 254 g/mol. The van der Waals surface area contributed by atoms with E-state index in [1.807, 2.05) is 25.1 Å². The highest BCUT2D eigenvalue weighted by Gasteiger charge is 2.19. The van der Waals surface area contributed by atoms with E-state index in [2.05, 4.69) is 5.16 Å². The summed E-state index contributed by atoms with van der Waals surface area (Å²) in [6.07, 6.45) is 4.14. The minimum atomic E-state index is -0.0619. The molecule has 108 valence electrons. The Kier molecular flexibility index (Phi) is 4.61. The van der Waals surface area contributed by atoms with Gasteiger partial charge in [-0.1, -0.05) is 18.1 Å². The first kappa shape index (κ1) is 14.4. The highest BCUT2D eigenvalue weighted by molar-refractivity contribution is 5.97. The summed E-state index contributed by atoms with van der Waals surface area (Å²) in [4.78, 5) is 14.1. The number of hydrogen-bond acceptors (Lipinski definition) is 3. The normalized spacial score (nSPS) is 14.2. The number of rotatable bonds is 5. The van der Waals surface area contributed by atoms with Gasteiger partial charge in [-0.25, -0.2) is 0 Å². The maximum Gasteiger partial charge on any atom is 0.254 e. The van der Waals surface area contributed by atoms with Crippen molar-refractivity contribution in [3.05, 3.63) is 34.9 Å². The zero-order chi connectivity index (χ0) is 14.5. The van der Waals surface area contributed by atoms with E-state index < -0.39 is 0 Å². The third kappa shape index (κ3) is 3.10. The van der Waals surface area contributed by atoms with Crippen LogP contribution in [0.3, 0.4) is 0 Å². The third-order valence-corrected chi connectivity index (χ3v) is 3.61. The van der Waals surface area contributed by atoms with Gasteiger partial charge in [0.15, 0.2) is 5.84 Å². The highest BCUT2D eigenvalue weighted by atomic mass is 16.4. The number of aryl methyl sites for hydroxylation is 2. The second-order valence-electron chi connectivity index (χ2n) is 5.16. The number of hydrogen-bond donors (Lipinski definition) is 2. The summed E-state index contributed by atoms with van der Waals surface area (Å²) in [5.74, 6) is -0.0129. The van der Waals surface area contributed by atoms with Gasteiger partial charge in [-0.3, -0.25) is 4.79 Å². The lowest BCUT2D eigenvalue weighted by Gasteiger charge is -2.21. The average molecular weight is 275 g/mol. The summed E-state index contributed by atoms with van der Waals surface area (Å²) in [6, 6.07) is 5.91. The number of nitrogens with zero attached hydrogens (tertiary/aromatic N) is 2. The minimum Gasteiger partial charge on any atom is -0.409 e. The Morgan fingerprint density at radius 1 is 1.40 bits per heavy atom. The molecule has 0 saturated carbocycles. The number of amidine groups is 1. The fourth-order valence-electron chi connectivity index (χ4n) is 2.64. The van der Waals surface area contributed by atoms with Gasteiger partial charge in [0.2, 0.25) is 0 Å². The summed E-state index contributed by atoms with van der Waals surface area (Å²) in [6.45, 7) is 2.74. The fraction of sp³-hybridized carbons (Fsp3) is 0.467. The topological polar surface area (TPSA) is 78.9 Å². The zero-order valence-electron chi connectivity index (χ0n) is 11.8. The summed E-state index contributed by atoms with van der Waals surface area (Å²) in [7, 11) is 0. The van der Waals surface area contributed by atoms with E-state index in [4.69, 9.17) is 10.9 Å². The largest absolute Gasteiger partial charge is 0.409 e. The number of nitrogens with two attached hydrogens (primary N) is 1. The second-order valence-corrected chi connectivity index (χ2v) is 5.16. The molecule has 0 spiro atoms. The summed E-state index contributed by atoms with van der Waals surface area (Å²) in [5, 5.41) is 11.6. The van der Waals surface area contributed by atoms with E-state index >= 15 is 0 Å². The first-order valence-corrected chi connectivity index (χ1v) is 7.03. The van der Waals surface area contributed by atoms with Crippen molar-refractivity contribution in [3.63, 3.8) is 0 Å². The first-order valence-electron chi connectivity index (χ1n) is 7.03. The molecule has 1 aliphatic rings.